The summed E-state index contributed by atoms with van der Waals surface area (Å²) in [5.74, 6) is -0.955. The van der Waals surface area contributed by atoms with Crippen LogP contribution >= 0.6 is 23.2 Å². The van der Waals surface area contributed by atoms with Gasteiger partial charge in [0, 0.05) is 32.7 Å². The summed E-state index contributed by atoms with van der Waals surface area (Å²) < 4.78 is 1.70. The van der Waals surface area contributed by atoms with Gasteiger partial charge in [-0.25, -0.2) is 4.79 Å². The first-order valence-corrected chi connectivity index (χ1v) is 9.73. The second kappa shape index (κ2) is 7.85. The highest BCUT2D eigenvalue weighted by Crippen LogP contribution is 2.27. The van der Waals surface area contributed by atoms with E-state index < -0.39 is 17.8 Å². The second-order valence-corrected chi connectivity index (χ2v) is 7.65. The van der Waals surface area contributed by atoms with Gasteiger partial charge in [0.25, 0.3) is 5.91 Å². The van der Waals surface area contributed by atoms with Crippen LogP contribution in [0.5, 0.6) is 0 Å². The van der Waals surface area contributed by atoms with Crippen molar-refractivity contribution in [2.75, 3.05) is 0 Å². The molecule has 1 aliphatic rings. The number of nitrogens with two attached hydrogens (primary N) is 1. The summed E-state index contributed by atoms with van der Waals surface area (Å²) in [5.41, 5.74) is 7.54. The van der Waals surface area contributed by atoms with Crippen LogP contribution in [-0.2, 0) is 22.7 Å². The lowest BCUT2D eigenvalue weighted by Crippen LogP contribution is -2.30. The molecule has 0 aliphatic carbocycles. The number of carbonyl (C=O) groups excluding carboxylic acids is 3. The van der Waals surface area contributed by atoms with Gasteiger partial charge in [-0.15, -0.1) is 0 Å². The number of imide groups is 1. The third kappa shape index (κ3) is 3.77. The van der Waals surface area contributed by atoms with Crippen molar-refractivity contribution < 1.29 is 14.4 Å². The number of fused-ring (bicyclic) bond motifs is 1. The van der Waals surface area contributed by atoms with Crippen molar-refractivity contribution in [3.63, 3.8) is 0 Å². The van der Waals surface area contributed by atoms with Crippen molar-refractivity contribution in [1.82, 2.24) is 14.8 Å². The van der Waals surface area contributed by atoms with Crippen LogP contribution in [0.4, 0.5) is 4.79 Å². The average Bonchev–Trinajstić information content (AvgIpc) is 3.16. The van der Waals surface area contributed by atoms with Crippen molar-refractivity contribution in [2.24, 2.45) is 5.73 Å². The Kier molecular flexibility index (Phi) is 5.24. The number of nitrogens with one attached hydrogen (secondary N) is 1. The molecule has 1 aromatic heterocycles. The average molecular weight is 443 g/mol. The van der Waals surface area contributed by atoms with E-state index in [1.807, 2.05) is 24.3 Å². The lowest BCUT2D eigenvalue weighted by Gasteiger charge is -2.13. The number of nitrogens with zero attached hydrogens (tertiary/aromatic N) is 2. The van der Waals surface area contributed by atoms with Crippen molar-refractivity contribution in [3.05, 3.63) is 75.5 Å². The van der Waals surface area contributed by atoms with Crippen molar-refractivity contribution in [3.8, 4) is 0 Å². The molecule has 1 aliphatic heterocycles. The first-order valence-electron chi connectivity index (χ1n) is 8.98. The molecule has 7 nitrogen and oxygen atoms in total. The van der Waals surface area contributed by atoms with E-state index in [0.717, 1.165) is 15.8 Å². The van der Waals surface area contributed by atoms with Gasteiger partial charge >= 0.3 is 6.03 Å². The summed E-state index contributed by atoms with van der Waals surface area (Å²) in [7, 11) is 0. The normalized spacial score (nSPS) is 15.3. The Morgan fingerprint density at radius 2 is 1.90 bits per heavy atom. The molecule has 0 radical (unpaired) electrons. The molecular weight excluding hydrogens is 427 g/mol. The highest BCUT2D eigenvalue weighted by atomic mass is 35.5. The molecule has 2 aromatic carbocycles. The van der Waals surface area contributed by atoms with Crippen molar-refractivity contribution >= 4 is 58.0 Å². The molecule has 9 heteroatoms. The lowest BCUT2D eigenvalue weighted by atomic mass is 10.1. The number of halogens is 2. The Morgan fingerprint density at radius 1 is 1.13 bits per heavy atom. The van der Waals surface area contributed by atoms with Gasteiger partial charge in [0.15, 0.2) is 0 Å². The summed E-state index contributed by atoms with van der Waals surface area (Å²) in [6.07, 6.45) is 3.31. The minimum atomic E-state index is -0.543. The predicted octanol–water partition coefficient (Wildman–Crippen LogP) is 3.53. The smallest absolute Gasteiger partial charge is 0.329 e. The molecular formula is C21H16Cl2N4O3. The van der Waals surface area contributed by atoms with Gasteiger partial charge in [-0.2, -0.15) is 0 Å². The largest absolute Gasteiger partial charge is 0.368 e. The molecule has 3 aromatic rings. The first-order chi connectivity index (χ1) is 14.3. The molecule has 0 unspecified atom stereocenters. The lowest BCUT2D eigenvalue weighted by molar-refractivity contribution is -0.123. The van der Waals surface area contributed by atoms with Crippen LogP contribution in [0.15, 0.2) is 54.4 Å². The predicted molar refractivity (Wildman–Crippen MR) is 115 cm³/mol. The molecule has 1 fully saturated rings. The number of primary amides is 1. The van der Waals surface area contributed by atoms with E-state index in [9.17, 15) is 14.4 Å². The number of amides is 4. The zero-order chi connectivity index (χ0) is 21.4. The number of hydrogen-bond acceptors (Lipinski definition) is 3. The maximum Gasteiger partial charge on any atom is 0.329 e. The number of para-hydroxylation sites is 1. The maximum absolute atomic E-state index is 12.8. The van der Waals surface area contributed by atoms with E-state index in [0.29, 0.717) is 21.2 Å². The van der Waals surface area contributed by atoms with E-state index in [1.54, 1.807) is 35.0 Å². The summed E-state index contributed by atoms with van der Waals surface area (Å²) in [6.45, 7) is 0.0205. The standard InChI is InChI=1S/C21H16Cl2N4O3/c22-14-6-5-12(16(23)8-14)10-27-20(29)17(25-21(27)30)7-13-9-26(11-19(24)28)18-4-2-1-3-15(13)18/h1-9H,10-11H2,(H2,24,28)(H,25,30)/b17-7-. The maximum atomic E-state index is 12.8. The highest BCUT2D eigenvalue weighted by Gasteiger charge is 2.34. The van der Waals surface area contributed by atoms with Crippen LogP contribution in [0, 0.1) is 0 Å². The van der Waals surface area contributed by atoms with Gasteiger partial charge in [0.05, 0.1) is 6.54 Å². The van der Waals surface area contributed by atoms with Gasteiger partial charge in [-0.1, -0.05) is 47.5 Å². The fourth-order valence-electron chi connectivity index (χ4n) is 3.38. The van der Waals surface area contributed by atoms with Gasteiger partial charge < -0.3 is 15.6 Å². The molecule has 0 saturated carbocycles. The van der Waals surface area contributed by atoms with E-state index in [-0.39, 0.29) is 18.8 Å². The van der Waals surface area contributed by atoms with Crippen LogP contribution in [0.3, 0.4) is 0 Å². The molecule has 3 N–H and O–H groups in total. The molecule has 0 spiro atoms. The van der Waals surface area contributed by atoms with E-state index >= 15 is 0 Å². The fraction of sp³-hybridized carbons (Fsp3) is 0.0952. The number of aromatic nitrogens is 1. The zero-order valence-electron chi connectivity index (χ0n) is 15.6. The molecule has 4 amide bonds. The Balaban J connectivity index is 1.66. The molecule has 152 valence electrons. The van der Waals surface area contributed by atoms with Crippen LogP contribution in [0.2, 0.25) is 10.0 Å². The minimum absolute atomic E-state index is 0.00514. The van der Waals surface area contributed by atoms with Crippen LogP contribution in [0.25, 0.3) is 17.0 Å². The molecule has 0 bridgehead atoms. The summed E-state index contributed by atoms with van der Waals surface area (Å²) >= 11 is 12.1. The summed E-state index contributed by atoms with van der Waals surface area (Å²) in [6, 6.07) is 11.7. The Bertz CT molecular complexity index is 1230. The fourth-order valence-corrected chi connectivity index (χ4v) is 3.85. The van der Waals surface area contributed by atoms with Crippen molar-refractivity contribution in [2.45, 2.75) is 13.1 Å². The van der Waals surface area contributed by atoms with E-state index in [4.69, 9.17) is 28.9 Å². The number of carbonyl (C=O) groups is 3. The van der Waals surface area contributed by atoms with Gasteiger partial charge in [0.2, 0.25) is 5.91 Å². The van der Waals surface area contributed by atoms with Gasteiger partial charge in [-0.3, -0.25) is 14.5 Å². The number of urea groups is 1. The molecule has 0 atom stereocenters. The Labute approximate surface area is 181 Å². The van der Waals surface area contributed by atoms with E-state index in [2.05, 4.69) is 5.32 Å². The topological polar surface area (TPSA) is 97.4 Å². The van der Waals surface area contributed by atoms with Gasteiger partial charge in [0.1, 0.15) is 12.2 Å². The third-order valence-electron chi connectivity index (χ3n) is 4.75. The van der Waals surface area contributed by atoms with Gasteiger partial charge in [-0.05, 0) is 29.8 Å². The molecule has 30 heavy (non-hydrogen) atoms. The zero-order valence-corrected chi connectivity index (χ0v) is 17.1. The number of hydrogen-bond donors (Lipinski definition) is 2. The molecule has 2 heterocycles. The highest BCUT2D eigenvalue weighted by molar-refractivity contribution is 6.35. The SMILES string of the molecule is NC(=O)Cn1cc(/C=C2\NC(=O)N(Cc3ccc(Cl)cc3Cl)C2=O)c2ccccc21. The molecule has 1 saturated heterocycles. The molecule has 4 rings (SSSR count). The Hall–Kier alpha value is -3.29. The van der Waals surface area contributed by atoms with E-state index in [1.165, 1.54) is 0 Å². The van der Waals surface area contributed by atoms with Crippen LogP contribution in [0.1, 0.15) is 11.1 Å². The summed E-state index contributed by atoms with van der Waals surface area (Å²) in [5, 5.41) is 4.26. The number of rotatable bonds is 5. The summed E-state index contributed by atoms with van der Waals surface area (Å²) in [4.78, 5) is 37.7. The minimum Gasteiger partial charge on any atom is -0.368 e. The van der Waals surface area contributed by atoms with Crippen LogP contribution < -0.4 is 11.1 Å². The first kappa shape index (κ1) is 20.0. The quantitative estimate of drug-likeness (QED) is 0.467. The monoisotopic (exact) mass is 442 g/mol. The Morgan fingerprint density at radius 3 is 2.63 bits per heavy atom. The van der Waals surface area contributed by atoms with Crippen LogP contribution in [-0.4, -0.2) is 27.3 Å². The third-order valence-corrected chi connectivity index (χ3v) is 5.34. The number of benzene rings is 2. The van der Waals surface area contributed by atoms with Crippen molar-refractivity contribution in [1.29, 1.82) is 0 Å². The second-order valence-electron chi connectivity index (χ2n) is 6.81.